The molecule has 0 saturated heterocycles. The zero-order valence-corrected chi connectivity index (χ0v) is 7.11. The van der Waals surface area contributed by atoms with Gasteiger partial charge in [0.15, 0.2) is 0 Å². The lowest BCUT2D eigenvalue weighted by Crippen LogP contribution is -2.18. The number of carbonyl (C=O) groups excluding carboxylic acids is 1. The van der Waals surface area contributed by atoms with Crippen LogP contribution in [0.1, 0.15) is 13.8 Å². The number of carbonyl (C=O) groups is 2. The molecule has 1 unspecified atom stereocenters. The third kappa shape index (κ3) is 3.75. The van der Waals surface area contributed by atoms with Crippen LogP contribution in [0.5, 0.6) is 0 Å². The minimum Gasteiger partial charge on any atom is -0.502 e. The summed E-state index contributed by atoms with van der Waals surface area (Å²) in [6.07, 6.45) is 2.47. The van der Waals surface area contributed by atoms with Gasteiger partial charge >= 0.3 is 5.97 Å². The van der Waals surface area contributed by atoms with Crippen LogP contribution in [0, 0.1) is 5.92 Å². The maximum atomic E-state index is 10.7. The van der Waals surface area contributed by atoms with Crippen LogP contribution < -0.4 is 0 Å². The maximum Gasteiger partial charge on any atom is 0.318 e. The number of carboxylic acids is 1. The molecule has 68 valence electrons. The van der Waals surface area contributed by atoms with Gasteiger partial charge in [-0.2, -0.15) is 0 Å². The highest BCUT2D eigenvalue weighted by Crippen LogP contribution is 2.00. The summed E-state index contributed by atoms with van der Waals surface area (Å²) in [5.41, 5.74) is 0. The molecule has 4 heteroatoms. The van der Waals surface area contributed by atoms with Crippen LogP contribution in [-0.2, 0) is 14.3 Å². The normalized spacial score (nSPS) is 12.8. The summed E-state index contributed by atoms with van der Waals surface area (Å²) >= 11 is 0. The van der Waals surface area contributed by atoms with Crippen molar-refractivity contribution in [2.45, 2.75) is 13.8 Å². The first-order chi connectivity index (χ1) is 5.59. The fraction of sp³-hybridized carbons (Fsp3) is 0.500. The summed E-state index contributed by atoms with van der Waals surface area (Å²) in [5.74, 6) is -2.64. The van der Waals surface area contributed by atoms with Gasteiger partial charge in [-0.05, 0) is 19.9 Å². The molecule has 0 aromatic rings. The summed E-state index contributed by atoms with van der Waals surface area (Å²) in [5, 5.41) is 8.52. The molecule has 4 nitrogen and oxygen atoms in total. The van der Waals surface area contributed by atoms with Gasteiger partial charge in [0, 0.05) is 0 Å². The van der Waals surface area contributed by atoms with Crippen LogP contribution in [0.3, 0.4) is 0 Å². The Balaban J connectivity index is 4.14. The molecule has 0 fully saturated rings. The second kappa shape index (κ2) is 5.35. The van der Waals surface area contributed by atoms with E-state index in [-0.39, 0.29) is 0 Å². The number of aliphatic carboxylic acids is 1. The van der Waals surface area contributed by atoms with Gasteiger partial charge in [-0.3, -0.25) is 9.59 Å². The van der Waals surface area contributed by atoms with E-state index < -0.39 is 17.7 Å². The Morgan fingerprint density at radius 3 is 2.50 bits per heavy atom. The minimum absolute atomic E-state index is 0.404. The van der Waals surface area contributed by atoms with Crippen LogP contribution in [-0.4, -0.2) is 23.5 Å². The standard InChI is InChI=1S/C8H12O4/c1-3-12-5-4-7(6(2)9)8(10)11/h4-5,7H,3H2,1-2H3,(H,10,11)/b5-4+. The number of hydrogen-bond donors (Lipinski definition) is 1. The fourth-order valence-corrected chi connectivity index (χ4v) is 0.622. The second-order valence-electron chi connectivity index (χ2n) is 2.21. The number of Topliss-reactive ketones (excluding diaryl/α,β-unsaturated/α-hetero) is 1. The fourth-order valence-electron chi connectivity index (χ4n) is 0.622. The van der Waals surface area contributed by atoms with Gasteiger partial charge in [0.05, 0.1) is 12.9 Å². The third-order valence-corrected chi connectivity index (χ3v) is 1.24. The van der Waals surface area contributed by atoms with Crippen molar-refractivity contribution in [3.05, 3.63) is 12.3 Å². The van der Waals surface area contributed by atoms with Crippen LogP contribution in [0.25, 0.3) is 0 Å². The largest absolute Gasteiger partial charge is 0.502 e. The number of hydrogen-bond acceptors (Lipinski definition) is 3. The number of carboxylic acid groups (broad SMARTS) is 1. The summed E-state index contributed by atoms with van der Waals surface area (Å²) in [6.45, 7) is 3.46. The van der Waals surface area contributed by atoms with Crippen molar-refractivity contribution in [3.63, 3.8) is 0 Å². The average molecular weight is 172 g/mol. The van der Waals surface area contributed by atoms with E-state index in [1.807, 2.05) is 0 Å². The van der Waals surface area contributed by atoms with Gasteiger partial charge < -0.3 is 9.84 Å². The van der Waals surface area contributed by atoms with Crippen molar-refractivity contribution in [1.82, 2.24) is 0 Å². The van der Waals surface area contributed by atoms with E-state index in [4.69, 9.17) is 9.84 Å². The van der Waals surface area contributed by atoms with E-state index in [1.165, 1.54) is 19.3 Å². The van der Waals surface area contributed by atoms with Crippen molar-refractivity contribution in [3.8, 4) is 0 Å². The molecule has 0 radical (unpaired) electrons. The molecule has 12 heavy (non-hydrogen) atoms. The first-order valence-electron chi connectivity index (χ1n) is 3.61. The summed E-state index contributed by atoms with van der Waals surface area (Å²) in [4.78, 5) is 21.1. The third-order valence-electron chi connectivity index (χ3n) is 1.24. The molecule has 0 aliphatic heterocycles. The van der Waals surface area contributed by atoms with E-state index in [9.17, 15) is 9.59 Å². The lowest BCUT2D eigenvalue weighted by Gasteiger charge is -2.01. The molecule has 0 aliphatic carbocycles. The Hall–Kier alpha value is -1.32. The SMILES string of the molecule is CCO/C=C/C(C(C)=O)C(=O)O. The lowest BCUT2D eigenvalue weighted by molar-refractivity contribution is -0.143. The Kier molecular flexibility index (Phi) is 4.76. The summed E-state index contributed by atoms with van der Waals surface area (Å²) < 4.78 is 4.77. The highest BCUT2D eigenvalue weighted by molar-refractivity contribution is 5.98. The molecule has 1 atom stereocenters. The Morgan fingerprint density at radius 2 is 2.17 bits per heavy atom. The Morgan fingerprint density at radius 1 is 1.58 bits per heavy atom. The summed E-state index contributed by atoms with van der Waals surface area (Å²) in [7, 11) is 0. The van der Waals surface area contributed by atoms with E-state index in [1.54, 1.807) is 6.92 Å². The molecule has 0 amide bonds. The predicted molar refractivity (Wildman–Crippen MR) is 42.6 cm³/mol. The minimum atomic E-state index is -1.15. The maximum absolute atomic E-state index is 10.7. The van der Waals surface area contributed by atoms with Gasteiger partial charge in [-0.25, -0.2) is 0 Å². The van der Waals surface area contributed by atoms with Crippen molar-refractivity contribution >= 4 is 11.8 Å². The van der Waals surface area contributed by atoms with Gasteiger partial charge in [-0.15, -0.1) is 0 Å². The van der Waals surface area contributed by atoms with Crippen molar-refractivity contribution in [2.75, 3.05) is 6.61 Å². The average Bonchev–Trinajstić information content (AvgIpc) is 1.96. The van der Waals surface area contributed by atoms with Crippen LogP contribution >= 0.6 is 0 Å². The molecule has 1 N–H and O–H groups in total. The van der Waals surface area contributed by atoms with Crippen LogP contribution in [0.15, 0.2) is 12.3 Å². The van der Waals surface area contributed by atoms with Crippen LogP contribution in [0.2, 0.25) is 0 Å². The molecule has 0 aromatic carbocycles. The first-order valence-corrected chi connectivity index (χ1v) is 3.61. The summed E-state index contributed by atoms with van der Waals surface area (Å²) in [6, 6.07) is 0. The molecule has 0 saturated carbocycles. The van der Waals surface area contributed by atoms with Crippen LogP contribution in [0.4, 0.5) is 0 Å². The molecule has 0 spiro atoms. The molecule has 0 aromatic heterocycles. The zero-order chi connectivity index (χ0) is 9.56. The van der Waals surface area contributed by atoms with Gasteiger partial charge in [0.2, 0.25) is 0 Å². The molecule has 0 aliphatic rings. The Bertz CT molecular complexity index is 181. The van der Waals surface area contributed by atoms with Gasteiger partial charge in [0.1, 0.15) is 11.7 Å². The van der Waals surface area contributed by atoms with Gasteiger partial charge in [-0.1, -0.05) is 0 Å². The molecular formula is C8H12O4. The van der Waals surface area contributed by atoms with E-state index in [0.717, 1.165) is 0 Å². The topological polar surface area (TPSA) is 63.6 Å². The monoisotopic (exact) mass is 172 g/mol. The van der Waals surface area contributed by atoms with Gasteiger partial charge in [0.25, 0.3) is 0 Å². The van der Waals surface area contributed by atoms with Crippen molar-refractivity contribution < 1.29 is 19.4 Å². The number of rotatable bonds is 5. The number of ketones is 1. The second-order valence-corrected chi connectivity index (χ2v) is 2.21. The van der Waals surface area contributed by atoms with Crippen molar-refractivity contribution in [1.29, 1.82) is 0 Å². The number of ether oxygens (including phenoxy) is 1. The lowest BCUT2D eigenvalue weighted by atomic mass is 10.1. The Labute approximate surface area is 70.8 Å². The van der Waals surface area contributed by atoms with Crippen molar-refractivity contribution in [2.24, 2.45) is 5.92 Å². The zero-order valence-electron chi connectivity index (χ0n) is 7.11. The highest BCUT2D eigenvalue weighted by atomic mass is 16.5. The molecule has 0 bridgehead atoms. The first kappa shape index (κ1) is 10.7. The van der Waals surface area contributed by atoms with E-state index >= 15 is 0 Å². The molecular weight excluding hydrogens is 160 g/mol. The highest BCUT2D eigenvalue weighted by Gasteiger charge is 2.18. The van der Waals surface area contributed by atoms with E-state index in [0.29, 0.717) is 6.61 Å². The predicted octanol–water partition coefficient (Wildman–Crippen LogP) is 0.826. The quantitative estimate of drug-likeness (QED) is 0.492. The smallest absolute Gasteiger partial charge is 0.318 e. The van der Waals surface area contributed by atoms with E-state index in [2.05, 4.69) is 0 Å². The molecule has 0 rings (SSSR count). The molecule has 0 heterocycles.